The Labute approximate surface area is 334 Å². The average molecular weight is 755 g/mol. The van der Waals surface area contributed by atoms with Gasteiger partial charge in [-0.25, -0.2) is 0 Å². The molecule has 0 saturated heterocycles. The molecule has 2 heterocycles. The molecule has 0 amide bonds. The highest BCUT2D eigenvalue weighted by atomic mass is 16.4. The number of aliphatic carboxylic acids is 2. The van der Waals surface area contributed by atoms with Crippen LogP contribution >= 0.6 is 0 Å². The first kappa shape index (κ1) is 43.0. The summed E-state index contributed by atoms with van der Waals surface area (Å²) in [6, 6.07) is 35.1. The zero-order valence-electron chi connectivity index (χ0n) is 34.8. The summed E-state index contributed by atoms with van der Waals surface area (Å²) in [5, 5.41) is 17.9. The predicted octanol–water partition coefficient (Wildman–Crippen LogP) is 6.99. The van der Waals surface area contributed by atoms with Crippen LogP contribution in [0.25, 0.3) is 12.2 Å². The Morgan fingerprint density at radius 3 is 1.09 bits per heavy atom. The number of carboxylic acids is 2. The molecule has 2 aliphatic rings. The maximum atomic E-state index is 8.93. The Hall–Kier alpha value is -5.76. The molecule has 4 aromatic carbocycles. The Kier molecular flexibility index (Phi) is 14.4. The minimum atomic E-state index is -2.19. The highest BCUT2D eigenvalue weighted by molar-refractivity contribution is 6.25. The van der Waals surface area contributed by atoms with E-state index in [1.54, 1.807) is 0 Å². The van der Waals surface area contributed by atoms with Crippen molar-refractivity contribution < 1.29 is 29.0 Å². The van der Waals surface area contributed by atoms with E-state index in [2.05, 4.69) is 210 Å². The number of carbonyl (C=O) groups excluding carboxylic acids is 2. The van der Waals surface area contributed by atoms with Crippen LogP contribution in [-0.4, -0.2) is 72.8 Å². The second kappa shape index (κ2) is 18.7. The van der Waals surface area contributed by atoms with Crippen molar-refractivity contribution in [3.63, 3.8) is 0 Å². The highest BCUT2D eigenvalue weighted by Gasteiger charge is 2.43. The first-order valence-electron chi connectivity index (χ1n) is 19.5. The average Bonchev–Trinajstić information content (AvgIpc) is 3.51. The monoisotopic (exact) mass is 754 g/mol. The SMILES string of the molecule is CCN(CC)c1ccc(C=CC2=[N+](C)c3ccccc3C2(C)C)cc1.CCN(CC)c1ccc(C=CC2=[N+](C)c3ccccc3C2(C)C)cc1.O=C([O-])C(=O)[O-]. The molecular formula is C48H58N4O4. The topological polar surface area (TPSA) is 92.8 Å². The summed E-state index contributed by atoms with van der Waals surface area (Å²) in [7, 11) is 4.33. The molecule has 56 heavy (non-hydrogen) atoms. The van der Waals surface area contributed by atoms with Crippen LogP contribution in [0.2, 0.25) is 0 Å². The first-order valence-corrected chi connectivity index (χ1v) is 19.5. The van der Waals surface area contributed by atoms with Crippen molar-refractivity contribution in [3.05, 3.63) is 131 Å². The van der Waals surface area contributed by atoms with Gasteiger partial charge in [0.2, 0.25) is 11.4 Å². The molecule has 0 atom stereocenters. The van der Waals surface area contributed by atoms with Crippen LogP contribution in [0, 0.1) is 0 Å². The lowest BCUT2D eigenvalue weighted by atomic mass is 9.81. The van der Waals surface area contributed by atoms with Crippen molar-refractivity contribution >= 4 is 58.3 Å². The number of carbonyl (C=O) groups is 2. The Bertz CT molecular complexity index is 1960. The number of anilines is 2. The van der Waals surface area contributed by atoms with Gasteiger partial charge in [-0.15, -0.1) is 0 Å². The van der Waals surface area contributed by atoms with Crippen LogP contribution in [0.3, 0.4) is 0 Å². The van der Waals surface area contributed by atoms with E-state index in [4.69, 9.17) is 19.8 Å². The third kappa shape index (κ3) is 9.54. The summed E-state index contributed by atoms with van der Waals surface area (Å²) < 4.78 is 4.63. The van der Waals surface area contributed by atoms with E-state index < -0.39 is 11.9 Å². The molecule has 6 rings (SSSR count). The Balaban J connectivity index is 0.000000217. The second-order valence-corrected chi connectivity index (χ2v) is 14.9. The van der Waals surface area contributed by atoms with E-state index in [9.17, 15) is 0 Å². The highest BCUT2D eigenvalue weighted by Crippen LogP contribution is 2.40. The number of carboxylic acid groups (broad SMARTS) is 2. The first-order chi connectivity index (χ1) is 26.6. The van der Waals surface area contributed by atoms with Crippen molar-refractivity contribution in [1.82, 2.24) is 0 Å². The predicted molar refractivity (Wildman–Crippen MR) is 229 cm³/mol. The van der Waals surface area contributed by atoms with Crippen LogP contribution in [0.1, 0.15) is 77.6 Å². The van der Waals surface area contributed by atoms with Gasteiger partial charge >= 0.3 is 0 Å². The third-order valence-corrected chi connectivity index (χ3v) is 11.0. The number of hydrogen-bond acceptors (Lipinski definition) is 6. The summed E-state index contributed by atoms with van der Waals surface area (Å²) in [5.41, 5.74) is 13.2. The van der Waals surface area contributed by atoms with E-state index in [-0.39, 0.29) is 10.8 Å². The summed E-state index contributed by atoms with van der Waals surface area (Å²) in [5.74, 6) is -4.37. The van der Waals surface area contributed by atoms with Gasteiger partial charge in [-0.05, 0) is 103 Å². The lowest BCUT2D eigenvalue weighted by Crippen LogP contribution is -2.42. The number of fused-ring (bicyclic) bond motifs is 2. The van der Waals surface area contributed by atoms with Crippen LogP contribution in [0.5, 0.6) is 0 Å². The zero-order chi connectivity index (χ0) is 41.2. The molecule has 8 nitrogen and oxygen atoms in total. The number of nitrogens with zero attached hydrogens (tertiary/aromatic N) is 4. The van der Waals surface area contributed by atoms with Crippen LogP contribution in [0.4, 0.5) is 22.7 Å². The number of hydrogen-bond donors (Lipinski definition) is 0. The normalized spacial score (nSPS) is 14.8. The number of allylic oxidation sites excluding steroid dienone is 2. The van der Waals surface area contributed by atoms with Crippen molar-refractivity contribution in [2.45, 2.75) is 66.2 Å². The summed E-state index contributed by atoms with van der Waals surface area (Å²) >= 11 is 0. The van der Waals surface area contributed by atoms with Gasteiger partial charge in [-0.3, -0.25) is 0 Å². The molecule has 0 saturated carbocycles. The van der Waals surface area contributed by atoms with Gasteiger partial charge < -0.3 is 29.6 Å². The van der Waals surface area contributed by atoms with Gasteiger partial charge in [0.1, 0.15) is 14.1 Å². The van der Waals surface area contributed by atoms with Gasteiger partial charge in [-0.2, -0.15) is 9.15 Å². The quantitative estimate of drug-likeness (QED) is 0.128. The molecule has 0 radical (unpaired) electrons. The fourth-order valence-corrected chi connectivity index (χ4v) is 7.72. The summed E-state index contributed by atoms with van der Waals surface area (Å²) in [6.45, 7) is 22.2. The molecule has 0 N–H and O–H groups in total. The molecule has 0 aliphatic carbocycles. The van der Waals surface area contributed by atoms with Gasteiger partial charge in [0.05, 0.1) is 22.8 Å². The smallest absolute Gasteiger partial charge is 0.209 e. The minimum absolute atomic E-state index is 0.0308. The van der Waals surface area contributed by atoms with Crippen molar-refractivity contribution in [2.24, 2.45) is 0 Å². The molecule has 8 heteroatoms. The van der Waals surface area contributed by atoms with Gasteiger partial charge in [0.25, 0.3) is 0 Å². The second-order valence-electron chi connectivity index (χ2n) is 14.9. The van der Waals surface area contributed by atoms with E-state index in [1.807, 2.05) is 0 Å². The van der Waals surface area contributed by atoms with E-state index >= 15 is 0 Å². The lowest BCUT2D eigenvalue weighted by molar-refractivity contribution is -0.401. The van der Waals surface area contributed by atoms with Crippen molar-refractivity contribution in [1.29, 1.82) is 0 Å². The fourth-order valence-electron chi connectivity index (χ4n) is 7.72. The van der Waals surface area contributed by atoms with Gasteiger partial charge in [0, 0.05) is 73.0 Å². The van der Waals surface area contributed by atoms with Crippen molar-refractivity contribution in [2.75, 3.05) is 50.1 Å². The largest absolute Gasteiger partial charge is 0.543 e. The van der Waals surface area contributed by atoms with Crippen LogP contribution < -0.4 is 20.0 Å². The van der Waals surface area contributed by atoms with Gasteiger partial charge in [0.15, 0.2) is 11.4 Å². The molecule has 294 valence electrons. The maximum Gasteiger partial charge on any atom is 0.209 e. The number of rotatable bonds is 10. The molecule has 0 unspecified atom stereocenters. The van der Waals surface area contributed by atoms with Crippen molar-refractivity contribution in [3.8, 4) is 0 Å². The summed E-state index contributed by atoms with van der Waals surface area (Å²) in [6.07, 6.45) is 9.00. The maximum absolute atomic E-state index is 8.93. The number of benzene rings is 4. The zero-order valence-corrected chi connectivity index (χ0v) is 34.8. The van der Waals surface area contributed by atoms with E-state index in [1.165, 1.54) is 56.4 Å². The van der Waals surface area contributed by atoms with Crippen LogP contribution in [-0.2, 0) is 20.4 Å². The molecule has 0 spiro atoms. The molecule has 0 aromatic heterocycles. The molecule has 0 fully saturated rings. The van der Waals surface area contributed by atoms with Gasteiger partial charge in [-0.1, -0.05) is 60.7 Å². The molecule has 2 aliphatic heterocycles. The lowest BCUT2D eigenvalue weighted by Gasteiger charge is -2.20. The molecular weight excluding hydrogens is 697 g/mol. The Morgan fingerprint density at radius 2 is 0.821 bits per heavy atom. The Morgan fingerprint density at radius 1 is 0.518 bits per heavy atom. The molecule has 4 aromatic rings. The fraction of sp³-hybridized carbons (Fsp3) is 0.333. The third-order valence-electron chi connectivity index (χ3n) is 11.0. The minimum Gasteiger partial charge on any atom is -0.543 e. The summed E-state index contributed by atoms with van der Waals surface area (Å²) in [4.78, 5) is 22.6. The van der Waals surface area contributed by atoms with Crippen LogP contribution in [0.15, 0.2) is 109 Å². The van der Waals surface area contributed by atoms with E-state index in [0.717, 1.165) is 26.2 Å². The standard InChI is InChI=1S/2C23H29N2.C2H2O4/c2*1-6-25(7-2)19-15-12-18(13-16-19)14-17-22-23(3,4)20-10-8-9-11-21(20)24(22)5;3-1(4)2(5)6/h2*8-17H,6-7H2,1-5H3;(H,3,4)(H,5,6)/q2*+1;/p-2. The molecule has 0 bridgehead atoms. The number of para-hydroxylation sites is 2. The van der Waals surface area contributed by atoms with E-state index in [0.29, 0.717) is 0 Å².